The van der Waals surface area contributed by atoms with Crippen LogP contribution in [0.25, 0.3) is 11.3 Å². The molecule has 0 bridgehead atoms. The topological polar surface area (TPSA) is 89.0 Å². The highest BCUT2D eigenvalue weighted by Gasteiger charge is 2.12. The summed E-state index contributed by atoms with van der Waals surface area (Å²) < 4.78 is 7.33. The standard InChI is InChI=1S/C23H20N4O3/c1-15-5-3-7-18(11-15)30-19-8-4-6-16(12-19)20-13-24-22(26-20)23(29)25-17-9-10-21(28)27(2)14-17/h3-14H,1-2H3,(H,24,26)(H,25,29). The van der Waals surface area contributed by atoms with Gasteiger partial charge in [-0.25, -0.2) is 4.98 Å². The quantitative estimate of drug-likeness (QED) is 0.527. The van der Waals surface area contributed by atoms with Gasteiger partial charge in [0.2, 0.25) is 5.56 Å². The Kier molecular flexibility index (Phi) is 5.17. The Labute approximate surface area is 173 Å². The highest BCUT2D eigenvalue weighted by atomic mass is 16.5. The van der Waals surface area contributed by atoms with Gasteiger partial charge in [0.05, 0.1) is 17.6 Å². The first-order valence-electron chi connectivity index (χ1n) is 9.36. The van der Waals surface area contributed by atoms with Crippen LogP contribution in [0.2, 0.25) is 0 Å². The van der Waals surface area contributed by atoms with Gasteiger partial charge in [-0.05, 0) is 42.8 Å². The number of hydrogen-bond donors (Lipinski definition) is 2. The number of amides is 1. The molecule has 0 saturated heterocycles. The summed E-state index contributed by atoms with van der Waals surface area (Å²) in [5.41, 5.74) is 3.00. The smallest absolute Gasteiger partial charge is 0.291 e. The predicted octanol–water partition coefficient (Wildman–Crippen LogP) is 4.13. The van der Waals surface area contributed by atoms with Crippen molar-refractivity contribution in [2.75, 3.05) is 5.32 Å². The van der Waals surface area contributed by atoms with E-state index in [1.807, 2.05) is 55.5 Å². The van der Waals surface area contributed by atoms with E-state index in [4.69, 9.17) is 4.74 Å². The number of H-pyrrole nitrogens is 1. The monoisotopic (exact) mass is 400 g/mol. The van der Waals surface area contributed by atoms with Gasteiger partial charge in [-0.2, -0.15) is 0 Å². The molecule has 0 unspecified atom stereocenters. The summed E-state index contributed by atoms with van der Waals surface area (Å²) >= 11 is 0. The van der Waals surface area contributed by atoms with Crippen molar-refractivity contribution in [2.24, 2.45) is 7.05 Å². The lowest BCUT2D eigenvalue weighted by Crippen LogP contribution is -2.18. The van der Waals surface area contributed by atoms with E-state index in [0.717, 1.165) is 16.9 Å². The lowest BCUT2D eigenvalue weighted by Gasteiger charge is -2.08. The number of ether oxygens (including phenoxy) is 1. The predicted molar refractivity (Wildman–Crippen MR) is 115 cm³/mol. The summed E-state index contributed by atoms with van der Waals surface area (Å²) in [6.07, 6.45) is 3.15. The maximum atomic E-state index is 12.5. The molecular formula is C23H20N4O3. The number of imidazole rings is 1. The van der Waals surface area contributed by atoms with Gasteiger partial charge in [0, 0.05) is 24.9 Å². The average molecular weight is 400 g/mol. The minimum atomic E-state index is -0.396. The van der Waals surface area contributed by atoms with E-state index in [1.54, 1.807) is 25.5 Å². The molecular weight excluding hydrogens is 380 g/mol. The molecule has 1 amide bonds. The van der Waals surface area contributed by atoms with E-state index in [0.29, 0.717) is 17.1 Å². The van der Waals surface area contributed by atoms with E-state index >= 15 is 0 Å². The number of anilines is 1. The summed E-state index contributed by atoms with van der Waals surface area (Å²) in [6.45, 7) is 2.01. The van der Waals surface area contributed by atoms with E-state index in [2.05, 4.69) is 15.3 Å². The molecule has 0 aliphatic carbocycles. The summed E-state index contributed by atoms with van der Waals surface area (Å²) in [6, 6.07) is 18.3. The van der Waals surface area contributed by atoms with Gasteiger partial charge >= 0.3 is 0 Å². The van der Waals surface area contributed by atoms with Crippen molar-refractivity contribution in [1.29, 1.82) is 0 Å². The number of nitrogens with one attached hydrogen (secondary N) is 2. The van der Waals surface area contributed by atoms with Gasteiger partial charge in [-0.3, -0.25) is 9.59 Å². The first kappa shape index (κ1) is 19.2. The molecule has 0 atom stereocenters. The highest BCUT2D eigenvalue weighted by Crippen LogP contribution is 2.27. The molecule has 2 heterocycles. The maximum Gasteiger partial charge on any atom is 0.291 e. The summed E-state index contributed by atoms with van der Waals surface area (Å²) in [4.78, 5) is 31.2. The van der Waals surface area contributed by atoms with Gasteiger partial charge in [0.15, 0.2) is 5.82 Å². The Bertz CT molecular complexity index is 1270. The van der Waals surface area contributed by atoms with Crippen LogP contribution in [0.1, 0.15) is 16.2 Å². The Balaban J connectivity index is 1.51. The van der Waals surface area contributed by atoms with Crippen LogP contribution in [0.15, 0.2) is 77.9 Å². The molecule has 0 radical (unpaired) electrons. The van der Waals surface area contributed by atoms with Crippen LogP contribution in [-0.4, -0.2) is 20.4 Å². The molecule has 7 heteroatoms. The normalized spacial score (nSPS) is 10.6. The Morgan fingerprint density at radius 2 is 1.83 bits per heavy atom. The first-order valence-corrected chi connectivity index (χ1v) is 9.36. The van der Waals surface area contributed by atoms with Gasteiger partial charge in [0.25, 0.3) is 5.91 Å². The van der Waals surface area contributed by atoms with E-state index in [-0.39, 0.29) is 11.4 Å². The van der Waals surface area contributed by atoms with E-state index < -0.39 is 5.91 Å². The molecule has 2 aromatic heterocycles. The molecule has 2 aromatic carbocycles. The first-order chi connectivity index (χ1) is 14.5. The zero-order chi connectivity index (χ0) is 21.1. The molecule has 7 nitrogen and oxygen atoms in total. The minimum absolute atomic E-state index is 0.152. The zero-order valence-corrected chi connectivity index (χ0v) is 16.5. The molecule has 0 fully saturated rings. The average Bonchev–Trinajstić information content (AvgIpc) is 3.22. The second kappa shape index (κ2) is 8.08. The zero-order valence-electron chi connectivity index (χ0n) is 16.5. The van der Waals surface area contributed by atoms with Gasteiger partial charge in [0.1, 0.15) is 11.5 Å². The van der Waals surface area contributed by atoms with Crippen molar-refractivity contribution in [2.45, 2.75) is 6.92 Å². The van der Waals surface area contributed by atoms with Crippen molar-refractivity contribution in [3.63, 3.8) is 0 Å². The molecule has 150 valence electrons. The molecule has 4 rings (SSSR count). The van der Waals surface area contributed by atoms with Crippen LogP contribution in [0.5, 0.6) is 11.5 Å². The Hall–Kier alpha value is -4.13. The fraction of sp³-hybridized carbons (Fsp3) is 0.0870. The van der Waals surface area contributed by atoms with Crippen LogP contribution in [0, 0.1) is 6.92 Å². The number of aromatic nitrogens is 3. The number of carbonyl (C=O) groups excluding carboxylic acids is 1. The second-order valence-corrected chi connectivity index (χ2v) is 6.91. The Morgan fingerprint density at radius 1 is 1.07 bits per heavy atom. The lowest BCUT2D eigenvalue weighted by molar-refractivity contribution is 0.101. The number of hydrogen-bond acceptors (Lipinski definition) is 4. The van der Waals surface area contributed by atoms with Crippen LogP contribution in [0.3, 0.4) is 0 Å². The molecule has 0 saturated carbocycles. The SMILES string of the molecule is Cc1cccc(Oc2cccc(-c3cnc(C(=O)Nc4ccc(=O)n(C)c4)[nH]3)c2)c1. The molecule has 0 aliphatic rings. The summed E-state index contributed by atoms with van der Waals surface area (Å²) in [7, 11) is 1.62. The number of benzene rings is 2. The summed E-state index contributed by atoms with van der Waals surface area (Å²) in [5.74, 6) is 1.22. The third-order valence-corrected chi connectivity index (χ3v) is 4.50. The van der Waals surface area contributed by atoms with Crippen LogP contribution in [0.4, 0.5) is 5.69 Å². The largest absolute Gasteiger partial charge is 0.457 e. The Morgan fingerprint density at radius 3 is 2.60 bits per heavy atom. The van der Waals surface area contributed by atoms with E-state index in [9.17, 15) is 9.59 Å². The number of aromatic amines is 1. The molecule has 2 N–H and O–H groups in total. The maximum absolute atomic E-state index is 12.5. The lowest BCUT2D eigenvalue weighted by atomic mass is 10.1. The van der Waals surface area contributed by atoms with Crippen molar-refractivity contribution in [1.82, 2.24) is 14.5 Å². The number of pyridine rings is 1. The van der Waals surface area contributed by atoms with Crippen molar-refractivity contribution >= 4 is 11.6 Å². The third kappa shape index (κ3) is 4.30. The molecule has 0 aliphatic heterocycles. The van der Waals surface area contributed by atoms with Gasteiger partial charge in [-0.1, -0.05) is 24.3 Å². The van der Waals surface area contributed by atoms with Crippen molar-refractivity contribution in [3.05, 3.63) is 94.8 Å². The van der Waals surface area contributed by atoms with Crippen molar-refractivity contribution in [3.8, 4) is 22.8 Å². The fourth-order valence-corrected chi connectivity index (χ4v) is 2.98. The van der Waals surface area contributed by atoms with Crippen LogP contribution >= 0.6 is 0 Å². The molecule has 0 spiro atoms. The van der Waals surface area contributed by atoms with Crippen LogP contribution < -0.4 is 15.6 Å². The van der Waals surface area contributed by atoms with Gasteiger partial charge < -0.3 is 19.6 Å². The number of nitrogens with zero attached hydrogens (tertiary/aromatic N) is 2. The van der Waals surface area contributed by atoms with Crippen LogP contribution in [-0.2, 0) is 7.05 Å². The summed E-state index contributed by atoms with van der Waals surface area (Å²) in [5, 5.41) is 2.72. The molecule has 4 aromatic rings. The van der Waals surface area contributed by atoms with Crippen molar-refractivity contribution < 1.29 is 9.53 Å². The minimum Gasteiger partial charge on any atom is -0.457 e. The highest BCUT2D eigenvalue weighted by molar-refractivity contribution is 6.01. The number of rotatable bonds is 5. The molecule has 30 heavy (non-hydrogen) atoms. The second-order valence-electron chi connectivity index (χ2n) is 6.91. The number of aryl methyl sites for hydroxylation is 2. The number of carbonyl (C=O) groups is 1. The van der Waals surface area contributed by atoms with E-state index in [1.165, 1.54) is 10.6 Å². The third-order valence-electron chi connectivity index (χ3n) is 4.50. The fourth-order valence-electron chi connectivity index (χ4n) is 2.98. The van der Waals surface area contributed by atoms with Gasteiger partial charge in [-0.15, -0.1) is 0 Å².